The van der Waals surface area contributed by atoms with E-state index in [0.29, 0.717) is 15.7 Å². The summed E-state index contributed by atoms with van der Waals surface area (Å²) in [5.41, 5.74) is -0.540. The number of rotatable bonds is 1. The van der Waals surface area contributed by atoms with E-state index in [-0.39, 0.29) is 5.91 Å². The minimum Gasteiger partial charge on any atom is -0.323 e. The molecule has 0 bridgehead atoms. The van der Waals surface area contributed by atoms with Gasteiger partial charge in [0, 0.05) is 10.0 Å². The Bertz CT molecular complexity index is 494. The van der Waals surface area contributed by atoms with Gasteiger partial charge in [-0.15, -0.1) is 0 Å². The highest BCUT2D eigenvalue weighted by molar-refractivity contribution is 6.35. The fourth-order valence-corrected chi connectivity index (χ4v) is 2.17. The second-order valence-corrected chi connectivity index (χ2v) is 5.20. The standard InChI is InChI=1S/C11H10Cl2N2O2/c1-11(2)9(16)15(10(17)14-11)8-4-6(12)3-7(13)5-8/h3-5H,1-2H3,(H,14,17). The van der Waals surface area contributed by atoms with Crippen LogP contribution in [0.5, 0.6) is 0 Å². The average Bonchev–Trinajstić information content (AvgIpc) is 2.34. The number of anilines is 1. The van der Waals surface area contributed by atoms with Crippen LogP contribution in [0, 0.1) is 0 Å². The first-order valence-corrected chi connectivity index (χ1v) is 5.70. The number of urea groups is 1. The first-order valence-electron chi connectivity index (χ1n) is 4.94. The Labute approximate surface area is 108 Å². The second kappa shape index (κ2) is 3.89. The maximum absolute atomic E-state index is 12.0. The van der Waals surface area contributed by atoms with Gasteiger partial charge in [-0.2, -0.15) is 0 Å². The van der Waals surface area contributed by atoms with E-state index in [1.54, 1.807) is 13.8 Å². The summed E-state index contributed by atoms with van der Waals surface area (Å²) in [7, 11) is 0. The topological polar surface area (TPSA) is 49.4 Å². The molecule has 0 saturated carbocycles. The number of amides is 3. The molecule has 1 aliphatic rings. The molecule has 1 aromatic rings. The van der Waals surface area contributed by atoms with Gasteiger partial charge in [0.2, 0.25) is 0 Å². The summed E-state index contributed by atoms with van der Waals surface area (Å²) in [6.07, 6.45) is 0. The van der Waals surface area contributed by atoms with Crippen molar-refractivity contribution in [2.75, 3.05) is 4.90 Å². The van der Waals surface area contributed by atoms with E-state index in [9.17, 15) is 9.59 Å². The lowest BCUT2D eigenvalue weighted by Gasteiger charge is -2.16. The SMILES string of the molecule is CC1(C)NC(=O)N(c2cc(Cl)cc(Cl)c2)C1=O. The lowest BCUT2D eigenvalue weighted by Crippen LogP contribution is -2.40. The van der Waals surface area contributed by atoms with Crippen molar-refractivity contribution >= 4 is 40.8 Å². The van der Waals surface area contributed by atoms with Crippen LogP contribution in [0.4, 0.5) is 10.5 Å². The van der Waals surface area contributed by atoms with Crippen molar-refractivity contribution in [2.45, 2.75) is 19.4 Å². The molecule has 1 heterocycles. The molecule has 2 rings (SSSR count). The Morgan fingerprint density at radius 3 is 2.06 bits per heavy atom. The molecule has 0 radical (unpaired) electrons. The first kappa shape index (κ1) is 12.2. The highest BCUT2D eigenvalue weighted by Crippen LogP contribution is 2.29. The Hall–Kier alpha value is -1.26. The molecule has 1 saturated heterocycles. The average molecular weight is 273 g/mol. The largest absolute Gasteiger partial charge is 0.329 e. The number of hydrogen-bond donors (Lipinski definition) is 1. The predicted octanol–water partition coefficient (Wildman–Crippen LogP) is 2.83. The van der Waals surface area contributed by atoms with Crippen LogP contribution in [0.3, 0.4) is 0 Å². The van der Waals surface area contributed by atoms with Crippen LogP contribution in [0.1, 0.15) is 13.8 Å². The molecule has 90 valence electrons. The predicted molar refractivity (Wildman–Crippen MR) is 66.6 cm³/mol. The summed E-state index contributed by atoms with van der Waals surface area (Å²) >= 11 is 11.7. The molecule has 0 aliphatic carbocycles. The zero-order valence-electron chi connectivity index (χ0n) is 9.25. The third-order valence-electron chi connectivity index (χ3n) is 2.47. The number of hydrogen-bond acceptors (Lipinski definition) is 2. The quantitative estimate of drug-likeness (QED) is 0.800. The van der Waals surface area contributed by atoms with Crippen molar-refractivity contribution in [3.8, 4) is 0 Å². The van der Waals surface area contributed by atoms with E-state index in [2.05, 4.69) is 5.32 Å². The van der Waals surface area contributed by atoms with Gasteiger partial charge in [-0.1, -0.05) is 23.2 Å². The zero-order chi connectivity index (χ0) is 12.8. The number of carbonyl (C=O) groups excluding carboxylic acids is 2. The van der Waals surface area contributed by atoms with Gasteiger partial charge < -0.3 is 5.32 Å². The molecule has 4 nitrogen and oxygen atoms in total. The highest BCUT2D eigenvalue weighted by atomic mass is 35.5. The van der Waals surface area contributed by atoms with Gasteiger partial charge in [0.25, 0.3) is 5.91 Å². The van der Waals surface area contributed by atoms with Gasteiger partial charge in [0.05, 0.1) is 5.69 Å². The molecule has 0 unspecified atom stereocenters. The van der Waals surface area contributed by atoms with Gasteiger partial charge in [-0.25, -0.2) is 9.69 Å². The number of imide groups is 1. The summed E-state index contributed by atoms with van der Waals surface area (Å²) < 4.78 is 0. The summed E-state index contributed by atoms with van der Waals surface area (Å²) in [4.78, 5) is 24.8. The summed E-state index contributed by atoms with van der Waals surface area (Å²) in [5, 5.41) is 3.33. The molecule has 17 heavy (non-hydrogen) atoms. The highest BCUT2D eigenvalue weighted by Gasteiger charge is 2.45. The summed E-state index contributed by atoms with van der Waals surface area (Å²) in [6, 6.07) is 4.10. The number of carbonyl (C=O) groups is 2. The lowest BCUT2D eigenvalue weighted by molar-refractivity contribution is -0.120. The third kappa shape index (κ3) is 2.10. The minimum absolute atomic E-state index is 0.333. The van der Waals surface area contributed by atoms with Gasteiger partial charge >= 0.3 is 6.03 Å². The first-order chi connectivity index (χ1) is 7.81. The van der Waals surface area contributed by atoms with E-state index in [0.717, 1.165) is 4.90 Å². The molecule has 1 fully saturated rings. The fraction of sp³-hybridized carbons (Fsp3) is 0.273. The number of halogens is 2. The maximum Gasteiger partial charge on any atom is 0.329 e. The minimum atomic E-state index is -0.911. The molecule has 1 N–H and O–H groups in total. The van der Waals surface area contributed by atoms with Crippen molar-refractivity contribution < 1.29 is 9.59 Å². The molecule has 1 aliphatic heterocycles. The van der Waals surface area contributed by atoms with Crippen LogP contribution in [-0.2, 0) is 4.79 Å². The molecular weight excluding hydrogens is 263 g/mol. The summed E-state index contributed by atoms with van der Waals surface area (Å²) in [5.74, 6) is -0.333. The van der Waals surface area contributed by atoms with Crippen LogP contribution in [0.25, 0.3) is 0 Å². The van der Waals surface area contributed by atoms with E-state index in [1.165, 1.54) is 18.2 Å². The number of nitrogens with zero attached hydrogens (tertiary/aromatic N) is 1. The molecular formula is C11H10Cl2N2O2. The van der Waals surface area contributed by atoms with E-state index in [4.69, 9.17) is 23.2 Å². The third-order valence-corrected chi connectivity index (χ3v) is 2.90. The Kier molecular flexibility index (Phi) is 2.79. The van der Waals surface area contributed by atoms with Crippen molar-refractivity contribution in [3.05, 3.63) is 28.2 Å². The molecule has 3 amide bonds. The van der Waals surface area contributed by atoms with Crippen LogP contribution in [0.15, 0.2) is 18.2 Å². The van der Waals surface area contributed by atoms with Crippen LogP contribution >= 0.6 is 23.2 Å². The number of nitrogens with one attached hydrogen (secondary N) is 1. The van der Waals surface area contributed by atoms with Crippen LogP contribution in [0.2, 0.25) is 10.0 Å². The van der Waals surface area contributed by atoms with E-state index >= 15 is 0 Å². The Morgan fingerprint density at radius 1 is 1.12 bits per heavy atom. The maximum atomic E-state index is 12.0. The fourth-order valence-electron chi connectivity index (χ4n) is 1.65. The van der Waals surface area contributed by atoms with Crippen molar-refractivity contribution in [1.29, 1.82) is 0 Å². The summed E-state index contributed by atoms with van der Waals surface area (Å²) in [6.45, 7) is 3.28. The zero-order valence-corrected chi connectivity index (χ0v) is 10.8. The van der Waals surface area contributed by atoms with Gasteiger partial charge in [-0.3, -0.25) is 4.79 Å². The van der Waals surface area contributed by atoms with Gasteiger partial charge in [-0.05, 0) is 32.0 Å². The second-order valence-electron chi connectivity index (χ2n) is 4.32. The lowest BCUT2D eigenvalue weighted by atomic mass is 10.1. The van der Waals surface area contributed by atoms with Crippen molar-refractivity contribution in [2.24, 2.45) is 0 Å². The molecule has 0 atom stereocenters. The Morgan fingerprint density at radius 2 is 1.65 bits per heavy atom. The normalized spacial score (nSPS) is 18.5. The van der Waals surface area contributed by atoms with Crippen molar-refractivity contribution in [3.63, 3.8) is 0 Å². The van der Waals surface area contributed by atoms with Crippen LogP contribution in [-0.4, -0.2) is 17.5 Å². The molecule has 0 spiro atoms. The van der Waals surface area contributed by atoms with Crippen molar-refractivity contribution in [1.82, 2.24) is 5.32 Å². The monoisotopic (exact) mass is 272 g/mol. The van der Waals surface area contributed by atoms with Gasteiger partial charge in [0.1, 0.15) is 5.54 Å². The van der Waals surface area contributed by atoms with Crippen LogP contribution < -0.4 is 10.2 Å². The van der Waals surface area contributed by atoms with Gasteiger partial charge in [0.15, 0.2) is 0 Å². The van der Waals surface area contributed by atoms with E-state index < -0.39 is 11.6 Å². The molecule has 6 heteroatoms. The Balaban J connectivity index is 2.47. The van der Waals surface area contributed by atoms with E-state index in [1.807, 2.05) is 0 Å². The molecule has 1 aromatic carbocycles. The number of benzene rings is 1. The smallest absolute Gasteiger partial charge is 0.323 e. The molecule has 0 aromatic heterocycles.